The molecule has 0 N–H and O–H groups in total. The molecule has 0 bridgehead atoms. The quantitative estimate of drug-likeness (QED) is 0.411. The number of rotatable bonds is 2. The summed E-state index contributed by atoms with van der Waals surface area (Å²) in [7, 11) is 1.77. The summed E-state index contributed by atoms with van der Waals surface area (Å²) in [5, 5.41) is 2.06. The van der Waals surface area contributed by atoms with Gasteiger partial charge in [-0.2, -0.15) is 0 Å². The van der Waals surface area contributed by atoms with Crippen molar-refractivity contribution in [2.45, 2.75) is 13.8 Å². The van der Waals surface area contributed by atoms with Crippen LogP contribution >= 0.6 is 11.8 Å². The minimum atomic E-state index is 1.31. The van der Waals surface area contributed by atoms with Gasteiger partial charge in [0.25, 0.3) is 0 Å². The maximum atomic E-state index is 3.80. The molecular formula is C6H11NS. The molecule has 0 unspecified atom stereocenters. The largest absolute Gasteiger partial charge is 0.289 e. The molecular weight excluding hydrogens is 118 g/mol. The summed E-state index contributed by atoms with van der Waals surface area (Å²) < 4.78 is 0. The lowest BCUT2D eigenvalue weighted by Gasteiger charge is -1.82. The van der Waals surface area contributed by atoms with Crippen molar-refractivity contribution in [3.8, 4) is 0 Å². The highest BCUT2D eigenvalue weighted by molar-refractivity contribution is 8.14. The number of thioether (sulfide) groups is 1. The van der Waals surface area contributed by atoms with Gasteiger partial charge in [0.05, 0.1) is 5.55 Å². The van der Waals surface area contributed by atoms with Crippen molar-refractivity contribution in [1.29, 1.82) is 0 Å². The van der Waals surface area contributed by atoms with Crippen molar-refractivity contribution in [3.63, 3.8) is 0 Å². The van der Waals surface area contributed by atoms with E-state index in [1.54, 1.807) is 18.8 Å². The van der Waals surface area contributed by atoms with Crippen molar-refractivity contribution in [2.75, 3.05) is 7.05 Å². The molecule has 0 fully saturated rings. The summed E-state index contributed by atoms with van der Waals surface area (Å²) in [5.74, 6) is 0. The van der Waals surface area contributed by atoms with E-state index in [4.69, 9.17) is 0 Å². The van der Waals surface area contributed by atoms with Crippen LogP contribution in [0.4, 0.5) is 0 Å². The van der Waals surface area contributed by atoms with Crippen LogP contribution in [0.1, 0.15) is 13.8 Å². The number of nitrogens with zero attached hydrogens (tertiary/aromatic N) is 1. The van der Waals surface area contributed by atoms with Gasteiger partial charge >= 0.3 is 0 Å². The number of hydrogen-bond acceptors (Lipinski definition) is 2. The van der Waals surface area contributed by atoms with Gasteiger partial charge in [-0.1, -0.05) is 17.3 Å². The average molecular weight is 129 g/mol. The molecule has 0 saturated heterocycles. The maximum absolute atomic E-state index is 3.80. The van der Waals surface area contributed by atoms with Gasteiger partial charge in [0.1, 0.15) is 0 Å². The third-order valence-electron chi connectivity index (χ3n) is 0.470. The summed E-state index contributed by atoms with van der Waals surface area (Å²) in [6.45, 7) is 4.13. The number of aliphatic imine (C=N–C) groups is 1. The zero-order chi connectivity index (χ0) is 6.41. The molecule has 0 aromatic rings. The Labute approximate surface area is 54.9 Å². The van der Waals surface area contributed by atoms with E-state index in [1.807, 2.05) is 5.55 Å². The van der Waals surface area contributed by atoms with Crippen LogP contribution in [0.5, 0.6) is 0 Å². The SMILES string of the molecule is C/N=C\SC=C(C)C. The summed E-state index contributed by atoms with van der Waals surface area (Å²) in [6, 6.07) is 0. The van der Waals surface area contributed by atoms with E-state index in [0.29, 0.717) is 0 Å². The van der Waals surface area contributed by atoms with E-state index in [0.717, 1.165) is 0 Å². The Kier molecular flexibility index (Phi) is 4.76. The van der Waals surface area contributed by atoms with Gasteiger partial charge < -0.3 is 0 Å². The van der Waals surface area contributed by atoms with E-state index in [-0.39, 0.29) is 0 Å². The summed E-state index contributed by atoms with van der Waals surface area (Å²) in [6.07, 6.45) is 0. The van der Waals surface area contributed by atoms with E-state index in [1.165, 1.54) is 5.57 Å². The van der Waals surface area contributed by atoms with E-state index in [9.17, 15) is 0 Å². The van der Waals surface area contributed by atoms with Crippen LogP contribution in [-0.4, -0.2) is 12.6 Å². The standard InChI is InChI=1S/C6H11NS/c1-6(2)4-8-5-7-3/h4-5H,1-3H3/b7-5-. The highest BCUT2D eigenvalue weighted by Crippen LogP contribution is 2.01. The normalized spacial score (nSPS) is 9.88. The second-order valence-electron chi connectivity index (χ2n) is 1.69. The number of allylic oxidation sites excluding steroid dienone is 1. The van der Waals surface area contributed by atoms with Crippen LogP contribution in [0.3, 0.4) is 0 Å². The fourth-order valence-corrected chi connectivity index (χ4v) is 0.682. The predicted octanol–water partition coefficient (Wildman–Crippen LogP) is 2.30. The molecule has 0 aliphatic carbocycles. The van der Waals surface area contributed by atoms with Crippen molar-refractivity contribution in [2.24, 2.45) is 4.99 Å². The van der Waals surface area contributed by atoms with Gasteiger partial charge in [0.2, 0.25) is 0 Å². The molecule has 2 heteroatoms. The molecule has 0 radical (unpaired) electrons. The van der Waals surface area contributed by atoms with E-state index < -0.39 is 0 Å². The lowest BCUT2D eigenvalue weighted by Crippen LogP contribution is -1.60. The number of hydrogen-bond donors (Lipinski definition) is 0. The van der Waals surface area contributed by atoms with Gasteiger partial charge in [-0.15, -0.1) is 0 Å². The first-order valence-corrected chi connectivity index (χ1v) is 3.41. The third-order valence-corrected chi connectivity index (χ3v) is 1.41. The lowest BCUT2D eigenvalue weighted by atomic mass is 10.4. The monoisotopic (exact) mass is 129 g/mol. The smallest absolute Gasteiger partial charge is 0.0579 e. The molecule has 0 aromatic heterocycles. The highest BCUT2D eigenvalue weighted by atomic mass is 32.2. The average Bonchev–Trinajstić information content (AvgIpc) is 1.66. The highest BCUT2D eigenvalue weighted by Gasteiger charge is 1.72. The van der Waals surface area contributed by atoms with Gasteiger partial charge in [-0.05, 0) is 19.3 Å². The lowest BCUT2D eigenvalue weighted by molar-refractivity contribution is 1.42. The van der Waals surface area contributed by atoms with Crippen molar-refractivity contribution in [1.82, 2.24) is 0 Å². The van der Waals surface area contributed by atoms with Crippen LogP contribution in [0.2, 0.25) is 0 Å². The predicted molar refractivity (Wildman–Crippen MR) is 41.4 cm³/mol. The van der Waals surface area contributed by atoms with Crippen LogP contribution in [0.25, 0.3) is 0 Å². The van der Waals surface area contributed by atoms with Crippen molar-refractivity contribution >= 4 is 17.3 Å². The Morgan fingerprint density at radius 2 is 2.12 bits per heavy atom. The summed E-state index contributed by atoms with van der Waals surface area (Å²) >= 11 is 1.61. The van der Waals surface area contributed by atoms with E-state index >= 15 is 0 Å². The van der Waals surface area contributed by atoms with Crippen LogP contribution < -0.4 is 0 Å². The zero-order valence-corrected chi connectivity index (χ0v) is 6.33. The van der Waals surface area contributed by atoms with Gasteiger partial charge in [-0.3, -0.25) is 4.99 Å². The van der Waals surface area contributed by atoms with Gasteiger partial charge in [0.15, 0.2) is 0 Å². The minimum absolute atomic E-state index is 1.31. The first-order valence-electron chi connectivity index (χ1n) is 2.47. The Hall–Kier alpha value is -0.240. The van der Waals surface area contributed by atoms with E-state index in [2.05, 4.69) is 24.2 Å². The van der Waals surface area contributed by atoms with Crippen molar-refractivity contribution < 1.29 is 0 Å². The Bertz CT molecular complexity index is 101. The molecule has 0 atom stereocenters. The summed E-state index contributed by atoms with van der Waals surface area (Å²) in [5.41, 5.74) is 3.13. The van der Waals surface area contributed by atoms with Crippen LogP contribution in [0.15, 0.2) is 16.0 Å². The first kappa shape index (κ1) is 7.76. The second kappa shape index (κ2) is 4.91. The minimum Gasteiger partial charge on any atom is -0.289 e. The molecule has 0 aliphatic rings. The zero-order valence-electron chi connectivity index (χ0n) is 5.51. The molecule has 0 saturated carbocycles. The molecule has 0 rings (SSSR count). The molecule has 0 aromatic carbocycles. The molecule has 8 heavy (non-hydrogen) atoms. The second-order valence-corrected chi connectivity index (χ2v) is 2.41. The third kappa shape index (κ3) is 5.76. The first-order chi connectivity index (χ1) is 3.77. The molecule has 0 aliphatic heterocycles. The molecule has 0 spiro atoms. The van der Waals surface area contributed by atoms with Crippen molar-refractivity contribution in [3.05, 3.63) is 11.0 Å². The Morgan fingerprint density at radius 1 is 1.50 bits per heavy atom. The van der Waals surface area contributed by atoms with Crippen LogP contribution in [0, 0.1) is 0 Å². The fraction of sp³-hybridized carbons (Fsp3) is 0.500. The molecule has 46 valence electrons. The Balaban J connectivity index is 3.30. The molecule has 1 nitrogen and oxygen atoms in total. The molecule has 0 amide bonds. The fourth-order valence-electron chi connectivity index (χ4n) is 0.227. The van der Waals surface area contributed by atoms with Gasteiger partial charge in [0, 0.05) is 7.05 Å². The molecule has 0 heterocycles. The van der Waals surface area contributed by atoms with Crippen LogP contribution in [-0.2, 0) is 0 Å². The Morgan fingerprint density at radius 3 is 2.50 bits per heavy atom. The topological polar surface area (TPSA) is 12.4 Å². The summed E-state index contributed by atoms with van der Waals surface area (Å²) in [4.78, 5) is 3.80. The maximum Gasteiger partial charge on any atom is 0.0579 e. The van der Waals surface area contributed by atoms with Gasteiger partial charge in [-0.25, -0.2) is 0 Å².